The molecule has 0 aliphatic carbocycles. The summed E-state index contributed by atoms with van der Waals surface area (Å²) in [6.07, 6.45) is -0.349. The summed E-state index contributed by atoms with van der Waals surface area (Å²) >= 11 is 0. The van der Waals surface area contributed by atoms with Gasteiger partial charge in [0.2, 0.25) is 0 Å². The van der Waals surface area contributed by atoms with E-state index in [1.807, 2.05) is 32.0 Å². The highest BCUT2D eigenvalue weighted by molar-refractivity contribution is 5.83. The van der Waals surface area contributed by atoms with E-state index in [1.54, 1.807) is 0 Å². The van der Waals surface area contributed by atoms with Crippen molar-refractivity contribution in [1.29, 1.82) is 0 Å². The van der Waals surface area contributed by atoms with Crippen LogP contribution in [0.15, 0.2) is 42.5 Å². The average molecular weight is 241 g/mol. The molecule has 1 N–H and O–H groups in total. The van der Waals surface area contributed by atoms with Crippen molar-refractivity contribution in [3.05, 3.63) is 48.0 Å². The Bertz CT molecular complexity index is 619. The van der Waals surface area contributed by atoms with E-state index in [1.165, 1.54) is 10.8 Å². The molecule has 1 unspecified atom stereocenters. The van der Waals surface area contributed by atoms with Crippen LogP contribution in [0.4, 0.5) is 4.79 Å². The van der Waals surface area contributed by atoms with Crippen LogP contribution in [-0.4, -0.2) is 11.7 Å². The van der Waals surface area contributed by atoms with E-state index < -0.39 is 5.60 Å². The third kappa shape index (κ3) is 1.72. The highest BCUT2D eigenvalue weighted by Gasteiger charge is 2.42. The summed E-state index contributed by atoms with van der Waals surface area (Å²) in [6, 6.07) is 14.3. The van der Waals surface area contributed by atoms with Gasteiger partial charge in [-0.05, 0) is 36.2 Å². The summed E-state index contributed by atoms with van der Waals surface area (Å²) in [6.45, 7) is 3.84. The summed E-state index contributed by atoms with van der Waals surface area (Å²) in [5.74, 6) is 0. The lowest BCUT2D eigenvalue weighted by atomic mass is 9.91. The molecule has 1 fully saturated rings. The Labute approximate surface area is 106 Å². The minimum Gasteiger partial charge on any atom is -0.441 e. The molecule has 3 nitrogen and oxygen atoms in total. The molecule has 3 heteroatoms. The van der Waals surface area contributed by atoms with E-state index in [9.17, 15) is 4.79 Å². The maximum absolute atomic E-state index is 11.4. The number of carbonyl (C=O) groups is 1. The van der Waals surface area contributed by atoms with Crippen molar-refractivity contribution in [2.45, 2.75) is 25.5 Å². The molecule has 18 heavy (non-hydrogen) atoms. The lowest BCUT2D eigenvalue weighted by molar-refractivity contribution is 0.0684. The monoisotopic (exact) mass is 241 g/mol. The second-order valence-corrected chi connectivity index (χ2v) is 5.18. The molecular weight excluding hydrogens is 226 g/mol. The summed E-state index contributed by atoms with van der Waals surface area (Å²) < 4.78 is 5.28. The van der Waals surface area contributed by atoms with Crippen LogP contribution >= 0.6 is 0 Å². The van der Waals surface area contributed by atoms with Crippen LogP contribution in [0.2, 0.25) is 0 Å². The van der Waals surface area contributed by atoms with E-state index in [-0.39, 0.29) is 12.1 Å². The fraction of sp³-hybridized carbons (Fsp3) is 0.267. The van der Waals surface area contributed by atoms with Gasteiger partial charge >= 0.3 is 6.09 Å². The highest BCUT2D eigenvalue weighted by Crippen LogP contribution is 2.34. The van der Waals surface area contributed by atoms with Crippen LogP contribution in [0.1, 0.15) is 25.5 Å². The zero-order valence-corrected chi connectivity index (χ0v) is 10.4. The molecule has 1 aliphatic rings. The first-order valence-corrected chi connectivity index (χ1v) is 6.04. The first-order valence-electron chi connectivity index (χ1n) is 6.04. The molecule has 0 radical (unpaired) electrons. The molecule has 0 bridgehead atoms. The first-order chi connectivity index (χ1) is 8.56. The third-order valence-corrected chi connectivity index (χ3v) is 3.42. The molecule has 1 heterocycles. The molecule has 0 saturated carbocycles. The number of rotatable bonds is 1. The Kier molecular flexibility index (Phi) is 2.30. The fourth-order valence-corrected chi connectivity index (χ4v) is 2.49. The van der Waals surface area contributed by atoms with E-state index in [4.69, 9.17) is 4.74 Å². The number of fused-ring (bicyclic) bond motifs is 1. The zero-order chi connectivity index (χ0) is 12.8. The molecule has 2 aromatic carbocycles. The lowest BCUT2D eigenvalue weighted by Gasteiger charge is -2.24. The second kappa shape index (κ2) is 3.73. The van der Waals surface area contributed by atoms with Gasteiger partial charge in [0.05, 0.1) is 6.04 Å². The average Bonchev–Trinajstić information content (AvgIpc) is 2.62. The van der Waals surface area contributed by atoms with Crippen molar-refractivity contribution in [2.75, 3.05) is 0 Å². The van der Waals surface area contributed by atoms with Crippen molar-refractivity contribution in [1.82, 2.24) is 5.32 Å². The van der Waals surface area contributed by atoms with Crippen molar-refractivity contribution in [2.24, 2.45) is 0 Å². The van der Waals surface area contributed by atoms with Gasteiger partial charge in [-0.15, -0.1) is 0 Å². The predicted molar refractivity (Wildman–Crippen MR) is 70.4 cm³/mol. The topological polar surface area (TPSA) is 38.3 Å². The maximum atomic E-state index is 11.4. The summed E-state index contributed by atoms with van der Waals surface area (Å²) in [5.41, 5.74) is 0.559. The first kappa shape index (κ1) is 11.1. The van der Waals surface area contributed by atoms with Gasteiger partial charge in [-0.2, -0.15) is 0 Å². The second-order valence-electron chi connectivity index (χ2n) is 5.18. The van der Waals surface area contributed by atoms with Gasteiger partial charge in [0, 0.05) is 0 Å². The van der Waals surface area contributed by atoms with Crippen molar-refractivity contribution >= 4 is 16.9 Å². The molecule has 92 valence electrons. The van der Waals surface area contributed by atoms with Gasteiger partial charge in [0.1, 0.15) is 5.60 Å². The largest absolute Gasteiger partial charge is 0.441 e. The van der Waals surface area contributed by atoms with Crippen LogP contribution in [-0.2, 0) is 4.74 Å². The minimum absolute atomic E-state index is 0.102. The Morgan fingerprint density at radius 1 is 1.11 bits per heavy atom. The van der Waals surface area contributed by atoms with Crippen molar-refractivity contribution in [3.8, 4) is 0 Å². The zero-order valence-electron chi connectivity index (χ0n) is 10.4. The number of alkyl carbamates (subject to hydrolysis) is 1. The van der Waals surface area contributed by atoms with Crippen LogP contribution in [0.5, 0.6) is 0 Å². The Hall–Kier alpha value is -2.03. The number of benzene rings is 2. The van der Waals surface area contributed by atoms with Gasteiger partial charge in [-0.25, -0.2) is 4.79 Å². The van der Waals surface area contributed by atoms with Crippen LogP contribution in [0, 0.1) is 0 Å². The van der Waals surface area contributed by atoms with Crippen LogP contribution in [0.3, 0.4) is 0 Å². The molecule has 2 aromatic rings. The number of nitrogens with one attached hydrogen (secondary N) is 1. The lowest BCUT2D eigenvalue weighted by Crippen LogP contribution is -2.30. The maximum Gasteiger partial charge on any atom is 0.408 e. The van der Waals surface area contributed by atoms with E-state index in [2.05, 4.69) is 29.6 Å². The van der Waals surface area contributed by atoms with Gasteiger partial charge in [0.15, 0.2) is 0 Å². The van der Waals surface area contributed by atoms with Crippen molar-refractivity contribution < 1.29 is 9.53 Å². The summed E-state index contributed by atoms with van der Waals surface area (Å²) in [7, 11) is 0. The molecule has 1 saturated heterocycles. The number of cyclic esters (lactones) is 1. The fourth-order valence-electron chi connectivity index (χ4n) is 2.49. The predicted octanol–water partition coefficient (Wildman–Crippen LogP) is 3.40. The standard InChI is InChI=1S/C15H15NO2/c1-15(2)13(16-14(17)18-15)12-8-7-10-5-3-4-6-11(10)9-12/h3-9,13H,1-2H3,(H,16,17). The molecule has 0 aromatic heterocycles. The molecular formula is C15H15NO2. The van der Waals surface area contributed by atoms with Gasteiger partial charge in [-0.3, -0.25) is 0 Å². The van der Waals surface area contributed by atoms with Gasteiger partial charge < -0.3 is 10.1 Å². The molecule has 1 amide bonds. The Morgan fingerprint density at radius 3 is 2.50 bits per heavy atom. The number of hydrogen-bond acceptors (Lipinski definition) is 2. The molecule has 3 rings (SSSR count). The normalized spacial score (nSPS) is 21.7. The van der Waals surface area contributed by atoms with Crippen LogP contribution in [0.25, 0.3) is 10.8 Å². The molecule has 1 aliphatic heterocycles. The highest BCUT2D eigenvalue weighted by atomic mass is 16.6. The number of carbonyl (C=O) groups excluding carboxylic acids is 1. The Balaban J connectivity index is 2.07. The SMILES string of the molecule is CC1(C)OC(=O)NC1c1ccc2ccccc2c1. The third-order valence-electron chi connectivity index (χ3n) is 3.42. The smallest absolute Gasteiger partial charge is 0.408 e. The quantitative estimate of drug-likeness (QED) is 0.831. The number of amides is 1. The van der Waals surface area contributed by atoms with Crippen molar-refractivity contribution in [3.63, 3.8) is 0 Å². The summed E-state index contributed by atoms with van der Waals surface area (Å²) in [4.78, 5) is 11.4. The van der Waals surface area contributed by atoms with E-state index in [0.29, 0.717) is 0 Å². The minimum atomic E-state index is -0.514. The Morgan fingerprint density at radius 2 is 1.83 bits per heavy atom. The number of hydrogen-bond donors (Lipinski definition) is 1. The van der Waals surface area contributed by atoms with Crippen LogP contribution < -0.4 is 5.32 Å². The van der Waals surface area contributed by atoms with E-state index in [0.717, 1.165) is 5.56 Å². The molecule has 1 atom stereocenters. The van der Waals surface area contributed by atoms with E-state index >= 15 is 0 Å². The number of ether oxygens (including phenoxy) is 1. The molecule has 0 spiro atoms. The van der Waals surface area contributed by atoms with Gasteiger partial charge in [-0.1, -0.05) is 36.4 Å². The summed E-state index contributed by atoms with van der Waals surface area (Å²) in [5, 5.41) is 5.24. The van der Waals surface area contributed by atoms with Gasteiger partial charge in [0.25, 0.3) is 0 Å².